The monoisotopic (exact) mass is 795 g/mol. The molecule has 2 aromatic heterocycles. The quantitative estimate of drug-likeness (QED) is 0.173. The summed E-state index contributed by atoms with van der Waals surface area (Å²) in [5.74, 6) is -1.13. The Kier molecular flexibility index (Phi) is 11.4. The molecule has 4 heterocycles. The van der Waals surface area contributed by atoms with Gasteiger partial charge in [0.1, 0.15) is 46.0 Å². The van der Waals surface area contributed by atoms with Crippen molar-refractivity contribution in [3.63, 3.8) is 0 Å². The zero-order valence-corrected chi connectivity index (χ0v) is 33.3. The maximum absolute atomic E-state index is 17.2. The Bertz CT molecular complexity index is 2190. The van der Waals surface area contributed by atoms with Crippen LogP contribution < -0.4 is 15.0 Å². The molecule has 6 rings (SSSR count). The number of fused-ring (bicyclic) bond motifs is 2. The van der Waals surface area contributed by atoms with E-state index in [4.69, 9.17) is 30.8 Å². The Balaban J connectivity index is 1.44. The number of carbonyl (C=O) groups excluding carboxylic acids is 2. The van der Waals surface area contributed by atoms with Gasteiger partial charge in [0.2, 0.25) is 0 Å². The van der Waals surface area contributed by atoms with Crippen molar-refractivity contribution < 1.29 is 32.6 Å². The van der Waals surface area contributed by atoms with E-state index >= 15 is 8.78 Å². The average molecular weight is 796 g/mol. The second kappa shape index (κ2) is 15.8. The number of hydrogen-bond donors (Lipinski definition) is 1. The molecule has 0 radical (unpaired) electrons. The van der Waals surface area contributed by atoms with Gasteiger partial charge in [0.25, 0.3) is 0 Å². The highest BCUT2D eigenvalue weighted by molar-refractivity contribution is 7.23. The zero-order valence-electron chi connectivity index (χ0n) is 31.7. The van der Waals surface area contributed by atoms with E-state index in [2.05, 4.69) is 21.8 Å². The number of rotatable bonds is 8. The topological polar surface area (TPSA) is 133 Å². The first-order valence-electron chi connectivity index (χ1n) is 18.0. The number of carbonyl (C=O) groups is 2. The lowest BCUT2D eigenvalue weighted by atomic mass is 9.97. The first kappa shape index (κ1) is 39.9. The second-order valence-corrected chi connectivity index (χ2v) is 16.9. The number of piperazine rings is 1. The van der Waals surface area contributed by atoms with Gasteiger partial charge >= 0.3 is 18.2 Å². The summed E-state index contributed by atoms with van der Waals surface area (Å²) in [5, 5.41) is 13.2. The molecule has 12 nitrogen and oxygen atoms in total. The molecule has 2 aliphatic heterocycles. The minimum absolute atomic E-state index is 0.0200. The third-order valence-electron chi connectivity index (χ3n) is 9.13. The number of halogens is 3. The normalized spacial score (nSPS) is 16.7. The zero-order chi connectivity index (χ0) is 39.8. The number of thiophene rings is 1. The molecule has 2 aliphatic rings. The summed E-state index contributed by atoms with van der Waals surface area (Å²) in [5.41, 5.74) is -1.64. The lowest BCUT2D eigenvalue weighted by molar-refractivity contribution is 0.0240. The Morgan fingerprint density at radius 3 is 2.45 bits per heavy atom. The highest BCUT2D eigenvalue weighted by atomic mass is 35.5. The fraction of sp³-hybridized carbons (Fsp3) is 0.462. The van der Waals surface area contributed by atoms with Crippen LogP contribution in [-0.2, 0) is 9.47 Å². The molecule has 1 N–H and O–H groups in total. The van der Waals surface area contributed by atoms with Gasteiger partial charge in [0.05, 0.1) is 15.3 Å². The van der Waals surface area contributed by atoms with E-state index in [0.717, 1.165) is 36.8 Å². The van der Waals surface area contributed by atoms with Crippen molar-refractivity contribution in [3.8, 4) is 23.2 Å². The number of nitrogens with one attached hydrogen (secondary N) is 1. The number of anilines is 2. The molecule has 0 saturated carbocycles. The van der Waals surface area contributed by atoms with Crippen molar-refractivity contribution in [1.82, 2.24) is 19.8 Å². The molecule has 1 atom stereocenters. The summed E-state index contributed by atoms with van der Waals surface area (Å²) in [7, 11) is 0. The predicted molar refractivity (Wildman–Crippen MR) is 210 cm³/mol. The number of amides is 2. The van der Waals surface area contributed by atoms with Gasteiger partial charge < -0.3 is 24.0 Å². The van der Waals surface area contributed by atoms with Crippen molar-refractivity contribution in [2.45, 2.75) is 71.6 Å². The Morgan fingerprint density at radius 2 is 1.80 bits per heavy atom. The van der Waals surface area contributed by atoms with E-state index in [1.807, 2.05) is 17.0 Å². The number of aromatic nitrogens is 2. The van der Waals surface area contributed by atoms with Gasteiger partial charge in [-0.2, -0.15) is 15.2 Å². The smallest absolute Gasteiger partial charge is 0.412 e. The predicted octanol–water partition coefficient (Wildman–Crippen LogP) is 8.75. The van der Waals surface area contributed by atoms with Crippen LogP contribution in [0.3, 0.4) is 0 Å². The number of nitriles is 1. The van der Waals surface area contributed by atoms with Gasteiger partial charge in [-0.05, 0) is 78.6 Å². The van der Waals surface area contributed by atoms with Crippen LogP contribution in [0.1, 0.15) is 59.9 Å². The van der Waals surface area contributed by atoms with Crippen molar-refractivity contribution in [3.05, 3.63) is 53.1 Å². The van der Waals surface area contributed by atoms with E-state index in [0.29, 0.717) is 43.9 Å². The van der Waals surface area contributed by atoms with E-state index in [1.54, 1.807) is 52.5 Å². The van der Waals surface area contributed by atoms with Crippen LogP contribution in [0.15, 0.2) is 30.9 Å². The van der Waals surface area contributed by atoms with Crippen LogP contribution in [0.2, 0.25) is 5.02 Å². The molecule has 2 aromatic carbocycles. The van der Waals surface area contributed by atoms with Crippen LogP contribution in [0.25, 0.3) is 32.1 Å². The van der Waals surface area contributed by atoms with Crippen molar-refractivity contribution in [2.24, 2.45) is 0 Å². The fourth-order valence-electron chi connectivity index (χ4n) is 6.77. The minimum Gasteiger partial charge on any atom is -0.462 e. The summed E-state index contributed by atoms with van der Waals surface area (Å²) >= 11 is 7.75. The molecule has 2 amide bonds. The van der Waals surface area contributed by atoms with Gasteiger partial charge in [-0.3, -0.25) is 10.2 Å². The molecule has 0 bridgehead atoms. The molecular formula is C39H44ClF2N7O5S. The van der Waals surface area contributed by atoms with Gasteiger partial charge in [0, 0.05) is 55.1 Å². The maximum Gasteiger partial charge on any atom is 0.412 e. The first-order valence-corrected chi connectivity index (χ1v) is 19.2. The highest BCUT2D eigenvalue weighted by Crippen LogP contribution is 2.46. The number of hydrogen-bond acceptors (Lipinski definition) is 11. The van der Waals surface area contributed by atoms with Crippen molar-refractivity contribution >= 4 is 66.9 Å². The van der Waals surface area contributed by atoms with Crippen LogP contribution in [0, 0.1) is 23.0 Å². The fourth-order valence-corrected chi connectivity index (χ4v) is 8.13. The summed E-state index contributed by atoms with van der Waals surface area (Å²) in [4.78, 5) is 40.6. The third kappa shape index (κ3) is 8.71. The van der Waals surface area contributed by atoms with E-state index in [-0.39, 0.29) is 61.0 Å². The summed E-state index contributed by atoms with van der Waals surface area (Å²) < 4.78 is 49.8. The molecule has 4 aromatic rings. The van der Waals surface area contributed by atoms with Gasteiger partial charge in [-0.15, -0.1) is 17.9 Å². The van der Waals surface area contributed by atoms with Crippen LogP contribution >= 0.6 is 22.9 Å². The molecule has 292 valence electrons. The lowest BCUT2D eigenvalue weighted by Gasteiger charge is -2.36. The molecule has 2 saturated heterocycles. The van der Waals surface area contributed by atoms with Crippen LogP contribution in [0.4, 0.5) is 29.2 Å². The summed E-state index contributed by atoms with van der Waals surface area (Å²) in [6.45, 7) is 17.6. The highest BCUT2D eigenvalue weighted by Gasteiger charge is 2.31. The van der Waals surface area contributed by atoms with Gasteiger partial charge in [-0.1, -0.05) is 23.7 Å². The number of benzene rings is 2. The molecule has 1 unspecified atom stereocenters. The second-order valence-electron chi connectivity index (χ2n) is 15.5. The average Bonchev–Trinajstić information content (AvgIpc) is 3.71. The molecule has 2 fully saturated rings. The van der Waals surface area contributed by atoms with Crippen LogP contribution in [-0.4, -0.2) is 95.1 Å². The van der Waals surface area contributed by atoms with Crippen molar-refractivity contribution in [1.29, 1.82) is 5.26 Å². The Morgan fingerprint density at radius 1 is 1.09 bits per heavy atom. The first-order chi connectivity index (χ1) is 26.0. The molecule has 55 heavy (non-hydrogen) atoms. The van der Waals surface area contributed by atoms with Crippen LogP contribution in [0.5, 0.6) is 6.01 Å². The number of likely N-dealkylation sites (tertiary alicyclic amines) is 1. The lowest BCUT2D eigenvalue weighted by Crippen LogP contribution is -2.50. The molecule has 0 aliphatic carbocycles. The van der Waals surface area contributed by atoms with Gasteiger partial charge in [-0.25, -0.2) is 18.4 Å². The Hall–Kier alpha value is -4.78. The van der Waals surface area contributed by atoms with E-state index in [1.165, 1.54) is 6.07 Å². The molecular weight excluding hydrogens is 752 g/mol. The molecule has 0 spiro atoms. The summed E-state index contributed by atoms with van der Waals surface area (Å²) in [6, 6.07) is 6.15. The summed E-state index contributed by atoms with van der Waals surface area (Å²) in [6.07, 6.45) is 2.49. The third-order valence-corrected chi connectivity index (χ3v) is 10.5. The SMILES string of the molecule is C=CCN1CCCC1COc1nc(N2CCN(C(=O)OC(C)(C)C)CC2)c2cc(Cl)c(-c3ccc(F)c4sc(NC(=O)OC(C)(C)C)c(C#N)c34)c(F)c2n1. The molecule has 16 heteroatoms. The largest absolute Gasteiger partial charge is 0.462 e. The minimum atomic E-state index is -0.832. The standard InChI is InChI=1S/C39H44ClF2N7O5S/c1-8-13-47-14-9-10-22(47)21-52-35-44-31-24(33(45-35)48-15-17-49(18-16-48)37(51)54-39(5,6)7)19-26(40)29(30(31)42)23-11-12-27(41)32-28(23)25(20-43)34(55-32)46-36(50)53-38(2,3)4/h8,11-12,19,22H,1,9-10,13-18,21H2,2-7H3,(H,46,50). The number of ether oxygens (including phenoxy) is 3. The van der Waals surface area contributed by atoms with Crippen molar-refractivity contribution in [2.75, 3.05) is 56.1 Å². The number of nitrogens with zero attached hydrogens (tertiary/aromatic N) is 6. The van der Waals surface area contributed by atoms with E-state index in [9.17, 15) is 14.9 Å². The van der Waals surface area contributed by atoms with Gasteiger partial charge in [0.15, 0.2) is 5.82 Å². The Labute approximate surface area is 327 Å². The maximum atomic E-state index is 17.2. The van der Waals surface area contributed by atoms with E-state index < -0.39 is 35.0 Å².